The molecule has 23 heavy (non-hydrogen) atoms. The molecule has 1 aromatic heterocycles. The second kappa shape index (κ2) is 5.91. The van der Waals surface area contributed by atoms with E-state index in [0.717, 1.165) is 17.7 Å². The van der Waals surface area contributed by atoms with Gasteiger partial charge in [-0.05, 0) is 30.5 Å². The minimum atomic E-state index is -4.39. The Bertz CT molecular complexity index is 829. The number of alkyl halides is 3. The molecule has 0 saturated carbocycles. The molecule has 0 spiro atoms. The molecule has 0 saturated heterocycles. The Morgan fingerprint density at radius 3 is 2.39 bits per heavy atom. The predicted octanol–water partition coefficient (Wildman–Crippen LogP) is 5.32. The number of benzene rings is 2. The van der Waals surface area contributed by atoms with Crippen molar-refractivity contribution in [2.24, 2.45) is 0 Å². The lowest BCUT2D eigenvalue weighted by Gasteiger charge is -2.12. The number of hydrogen-bond donors (Lipinski definition) is 0. The van der Waals surface area contributed by atoms with Gasteiger partial charge in [-0.1, -0.05) is 36.4 Å². The fourth-order valence-corrected chi connectivity index (χ4v) is 2.40. The summed E-state index contributed by atoms with van der Waals surface area (Å²) in [5.41, 5.74) is 0.844. The highest BCUT2D eigenvalue weighted by molar-refractivity contribution is 5.90. The number of ether oxygens (including phenoxy) is 1. The van der Waals surface area contributed by atoms with E-state index in [1.54, 1.807) is 13.0 Å². The van der Waals surface area contributed by atoms with Crippen molar-refractivity contribution < 1.29 is 17.9 Å². The molecular formula is C18H14F3NO. The van der Waals surface area contributed by atoms with Gasteiger partial charge in [0.2, 0.25) is 5.88 Å². The van der Waals surface area contributed by atoms with Gasteiger partial charge in [0, 0.05) is 10.9 Å². The summed E-state index contributed by atoms with van der Waals surface area (Å²) in [6, 6.07) is 14.8. The van der Waals surface area contributed by atoms with Gasteiger partial charge in [0.15, 0.2) is 0 Å². The molecule has 0 fully saturated rings. The summed E-state index contributed by atoms with van der Waals surface area (Å²) in [5.74, 6) is 0.218. The summed E-state index contributed by atoms with van der Waals surface area (Å²) in [5, 5.41) is 1.02. The van der Waals surface area contributed by atoms with Gasteiger partial charge >= 0.3 is 6.18 Å². The molecule has 0 aliphatic rings. The highest BCUT2D eigenvalue weighted by Gasteiger charge is 2.30. The first kappa shape index (κ1) is 15.3. The summed E-state index contributed by atoms with van der Waals surface area (Å²) < 4.78 is 44.2. The van der Waals surface area contributed by atoms with Crippen LogP contribution < -0.4 is 4.74 Å². The van der Waals surface area contributed by atoms with Crippen LogP contribution in [0.1, 0.15) is 12.5 Å². The topological polar surface area (TPSA) is 22.1 Å². The van der Waals surface area contributed by atoms with Crippen molar-refractivity contribution in [3.8, 4) is 17.1 Å². The van der Waals surface area contributed by atoms with Crippen LogP contribution in [-0.2, 0) is 6.18 Å². The standard InChI is InChI=1S/C18H14F3NO/c1-2-23-17-15-11-14(18(19,20)21)9-8-13(15)10-16(22-17)12-6-4-3-5-7-12/h3-11H,2H2,1H3. The van der Waals surface area contributed by atoms with E-state index in [4.69, 9.17) is 4.74 Å². The van der Waals surface area contributed by atoms with E-state index in [9.17, 15) is 13.2 Å². The van der Waals surface area contributed by atoms with Gasteiger partial charge in [0.05, 0.1) is 17.9 Å². The lowest BCUT2D eigenvalue weighted by Crippen LogP contribution is -2.05. The van der Waals surface area contributed by atoms with Gasteiger partial charge in [-0.2, -0.15) is 13.2 Å². The number of halogens is 3. The molecule has 118 valence electrons. The second-order valence-corrected chi connectivity index (χ2v) is 5.05. The van der Waals surface area contributed by atoms with Crippen LogP contribution in [0.4, 0.5) is 13.2 Å². The number of rotatable bonds is 3. The van der Waals surface area contributed by atoms with Crippen molar-refractivity contribution in [2.75, 3.05) is 6.61 Å². The maximum Gasteiger partial charge on any atom is 0.416 e. The van der Waals surface area contributed by atoms with E-state index >= 15 is 0 Å². The van der Waals surface area contributed by atoms with E-state index in [2.05, 4.69) is 4.98 Å². The van der Waals surface area contributed by atoms with Gasteiger partial charge in [0.25, 0.3) is 0 Å². The number of nitrogens with zero attached hydrogens (tertiary/aromatic N) is 1. The zero-order valence-electron chi connectivity index (χ0n) is 12.4. The van der Waals surface area contributed by atoms with Crippen LogP contribution in [0.15, 0.2) is 54.6 Å². The Labute approximate surface area is 131 Å². The molecule has 1 heterocycles. The van der Waals surface area contributed by atoms with Crippen LogP contribution in [0.3, 0.4) is 0 Å². The normalized spacial score (nSPS) is 11.7. The van der Waals surface area contributed by atoms with Gasteiger partial charge in [-0.25, -0.2) is 4.98 Å². The minimum Gasteiger partial charge on any atom is -0.478 e. The molecule has 5 heteroatoms. The van der Waals surface area contributed by atoms with E-state index < -0.39 is 11.7 Å². The van der Waals surface area contributed by atoms with Gasteiger partial charge in [-0.3, -0.25) is 0 Å². The van der Waals surface area contributed by atoms with E-state index in [-0.39, 0.29) is 5.88 Å². The summed E-state index contributed by atoms with van der Waals surface area (Å²) >= 11 is 0. The Balaban J connectivity index is 2.21. The van der Waals surface area contributed by atoms with Crippen molar-refractivity contribution in [3.63, 3.8) is 0 Å². The minimum absolute atomic E-state index is 0.218. The smallest absolute Gasteiger partial charge is 0.416 e. The van der Waals surface area contributed by atoms with E-state index in [1.165, 1.54) is 6.07 Å². The molecule has 0 atom stereocenters. The van der Waals surface area contributed by atoms with Gasteiger partial charge in [0.1, 0.15) is 0 Å². The molecule has 0 aliphatic heterocycles. The van der Waals surface area contributed by atoms with Crippen molar-refractivity contribution in [3.05, 3.63) is 60.2 Å². The van der Waals surface area contributed by atoms with Crippen molar-refractivity contribution in [2.45, 2.75) is 13.1 Å². The van der Waals surface area contributed by atoms with Crippen LogP contribution >= 0.6 is 0 Å². The quantitative estimate of drug-likeness (QED) is 0.652. The first-order valence-electron chi connectivity index (χ1n) is 7.19. The zero-order chi connectivity index (χ0) is 16.4. The van der Waals surface area contributed by atoms with Crippen molar-refractivity contribution in [1.82, 2.24) is 4.98 Å². The van der Waals surface area contributed by atoms with Crippen LogP contribution in [0, 0.1) is 0 Å². The molecule has 0 amide bonds. The summed E-state index contributed by atoms with van der Waals surface area (Å²) in [6.45, 7) is 2.10. The predicted molar refractivity (Wildman–Crippen MR) is 83.4 cm³/mol. The summed E-state index contributed by atoms with van der Waals surface area (Å²) in [7, 11) is 0. The monoisotopic (exact) mass is 317 g/mol. The fraction of sp³-hybridized carbons (Fsp3) is 0.167. The third-order valence-electron chi connectivity index (χ3n) is 3.48. The molecule has 0 N–H and O–H groups in total. The number of fused-ring (bicyclic) bond motifs is 1. The molecule has 3 aromatic rings. The molecule has 0 radical (unpaired) electrons. The maximum absolute atomic E-state index is 12.9. The molecule has 3 rings (SSSR count). The van der Waals surface area contributed by atoms with Crippen LogP contribution in [0.5, 0.6) is 5.88 Å². The highest BCUT2D eigenvalue weighted by Crippen LogP contribution is 2.35. The van der Waals surface area contributed by atoms with Gasteiger partial charge in [-0.15, -0.1) is 0 Å². The third-order valence-corrected chi connectivity index (χ3v) is 3.48. The Hall–Kier alpha value is -2.56. The number of hydrogen-bond acceptors (Lipinski definition) is 2. The fourth-order valence-electron chi connectivity index (χ4n) is 2.40. The molecular weight excluding hydrogens is 303 g/mol. The summed E-state index contributed by atoms with van der Waals surface area (Å²) in [4.78, 5) is 4.39. The second-order valence-electron chi connectivity index (χ2n) is 5.05. The lowest BCUT2D eigenvalue weighted by molar-refractivity contribution is -0.137. The van der Waals surface area contributed by atoms with Crippen molar-refractivity contribution >= 4 is 10.8 Å². The van der Waals surface area contributed by atoms with E-state index in [0.29, 0.717) is 23.1 Å². The SMILES string of the molecule is CCOc1nc(-c2ccccc2)cc2ccc(C(F)(F)F)cc12. The molecule has 0 unspecified atom stereocenters. The van der Waals surface area contributed by atoms with E-state index in [1.807, 2.05) is 30.3 Å². The Kier molecular flexibility index (Phi) is 3.94. The Morgan fingerprint density at radius 1 is 1.00 bits per heavy atom. The van der Waals surface area contributed by atoms with Crippen molar-refractivity contribution in [1.29, 1.82) is 0 Å². The van der Waals surface area contributed by atoms with Crippen LogP contribution in [-0.4, -0.2) is 11.6 Å². The first-order valence-corrected chi connectivity index (χ1v) is 7.19. The molecule has 0 bridgehead atoms. The molecule has 0 aliphatic carbocycles. The zero-order valence-corrected chi connectivity index (χ0v) is 12.4. The van der Waals surface area contributed by atoms with Crippen LogP contribution in [0.2, 0.25) is 0 Å². The largest absolute Gasteiger partial charge is 0.478 e. The van der Waals surface area contributed by atoms with Gasteiger partial charge < -0.3 is 4.74 Å². The number of pyridine rings is 1. The average molecular weight is 317 g/mol. The third kappa shape index (κ3) is 3.13. The maximum atomic E-state index is 12.9. The summed E-state index contributed by atoms with van der Waals surface area (Å²) in [6.07, 6.45) is -4.39. The van der Waals surface area contributed by atoms with Crippen LogP contribution in [0.25, 0.3) is 22.0 Å². The molecule has 2 aromatic carbocycles. The average Bonchev–Trinajstić information content (AvgIpc) is 2.54. The highest BCUT2D eigenvalue weighted by atomic mass is 19.4. The number of aromatic nitrogens is 1. The molecule has 2 nitrogen and oxygen atoms in total. The lowest BCUT2D eigenvalue weighted by atomic mass is 10.0. The Morgan fingerprint density at radius 2 is 1.74 bits per heavy atom. The first-order chi connectivity index (χ1) is 11.0.